The maximum Gasteiger partial charge on any atom is 0.266 e. The fourth-order valence-electron chi connectivity index (χ4n) is 3.52. The van der Waals surface area contributed by atoms with Gasteiger partial charge in [-0.25, -0.2) is 4.98 Å². The number of para-hydroxylation sites is 1. The number of hydrogen-bond acceptors (Lipinski definition) is 3. The molecule has 0 radical (unpaired) electrons. The van der Waals surface area contributed by atoms with Gasteiger partial charge in [-0.15, -0.1) is 11.6 Å². The van der Waals surface area contributed by atoms with Gasteiger partial charge in [-0.1, -0.05) is 43.7 Å². The van der Waals surface area contributed by atoms with Gasteiger partial charge in [0.1, 0.15) is 11.7 Å². The van der Waals surface area contributed by atoms with Gasteiger partial charge in [0.25, 0.3) is 5.56 Å². The number of nitrogens with zero attached hydrogens (tertiary/aromatic N) is 3. The Labute approximate surface area is 182 Å². The zero-order chi connectivity index (χ0) is 21.8. The molecule has 0 fully saturated rings. The fraction of sp³-hybridized carbons (Fsp3) is 0.375. The molecular formula is C24H28ClN3O2. The number of carbonyl (C=O) groups is 1. The van der Waals surface area contributed by atoms with Crippen molar-refractivity contribution in [3.8, 4) is 5.69 Å². The first-order valence-corrected chi connectivity index (χ1v) is 10.8. The average molecular weight is 426 g/mol. The van der Waals surface area contributed by atoms with E-state index in [9.17, 15) is 9.59 Å². The van der Waals surface area contributed by atoms with E-state index in [4.69, 9.17) is 16.6 Å². The van der Waals surface area contributed by atoms with Gasteiger partial charge in [-0.2, -0.15) is 0 Å². The van der Waals surface area contributed by atoms with E-state index in [-0.39, 0.29) is 17.3 Å². The quantitative estimate of drug-likeness (QED) is 0.507. The second kappa shape index (κ2) is 9.43. The molecule has 1 amide bonds. The van der Waals surface area contributed by atoms with Crippen LogP contribution in [0.15, 0.2) is 53.3 Å². The lowest BCUT2D eigenvalue weighted by molar-refractivity contribution is -0.131. The zero-order valence-electron chi connectivity index (χ0n) is 17.9. The monoisotopic (exact) mass is 425 g/mol. The predicted octanol–water partition coefficient (Wildman–Crippen LogP) is 4.87. The van der Waals surface area contributed by atoms with Crippen LogP contribution in [0.3, 0.4) is 0 Å². The Morgan fingerprint density at radius 2 is 1.77 bits per heavy atom. The molecule has 2 aromatic carbocycles. The standard InChI is InChI=1S/C24H28ClN3O2/c1-16(2)13-14-27(22(29)15-25)18(4)23-26-21-8-6-5-7-20(21)24(30)28(23)19-11-9-17(3)10-12-19/h5-12,16,18H,13-15H2,1-4H3/t18-/m1/s1. The van der Waals surface area contributed by atoms with Crippen molar-refractivity contribution < 1.29 is 4.79 Å². The van der Waals surface area contributed by atoms with Gasteiger partial charge in [0, 0.05) is 6.54 Å². The Morgan fingerprint density at radius 3 is 2.40 bits per heavy atom. The first kappa shape index (κ1) is 22.0. The number of amides is 1. The van der Waals surface area contributed by atoms with Gasteiger partial charge in [-0.05, 0) is 50.5 Å². The molecule has 0 bridgehead atoms. The van der Waals surface area contributed by atoms with E-state index in [1.165, 1.54) is 0 Å². The van der Waals surface area contributed by atoms with Gasteiger partial charge in [0.2, 0.25) is 5.91 Å². The molecule has 30 heavy (non-hydrogen) atoms. The van der Waals surface area contributed by atoms with Gasteiger partial charge in [0.15, 0.2) is 0 Å². The van der Waals surface area contributed by atoms with E-state index in [1.807, 2.05) is 56.3 Å². The van der Waals surface area contributed by atoms with E-state index in [2.05, 4.69) is 13.8 Å². The lowest BCUT2D eigenvalue weighted by Gasteiger charge is -2.30. The first-order valence-electron chi connectivity index (χ1n) is 10.3. The highest BCUT2D eigenvalue weighted by Gasteiger charge is 2.26. The Hall–Kier alpha value is -2.66. The minimum Gasteiger partial charge on any atom is -0.332 e. The van der Waals surface area contributed by atoms with Crippen LogP contribution in [0.5, 0.6) is 0 Å². The number of halogens is 1. The summed E-state index contributed by atoms with van der Waals surface area (Å²) in [5.41, 5.74) is 2.31. The number of hydrogen-bond donors (Lipinski definition) is 0. The first-order chi connectivity index (χ1) is 14.3. The number of benzene rings is 2. The largest absolute Gasteiger partial charge is 0.332 e. The number of alkyl halides is 1. The third kappa shape index (κ3) is 4.57. The van der Waals surface area contributed by atoms with Crippen molar-refractivity contribution in [2.75, 3.05) is 12.4 Å². The van der Waals surface area contributed by atoms with Crippen LogP contribution in [0.1, 0.15) is 44.6 Å². The minimum absolute atomic E-state index is 0.106. The molecule has 5 nitrogen and oxygen atoms in total. The molecule has 0 aliphatic carbocycles. The van der Waals surface area contributed by atoms with Crippen LogP contribution < -0.4 is 5.56 Å². The summed E-state index contributed by atoms with van der Waals surface area (Å²) in [6.07, 6.45) is 0.843. The zero-order valence-corrected chi connectivity index (χ0v) is 18.7. The number of aromatic nitrogens is 2. The molecule has 0 unspecified atom stereocenters. The lowest BCUT2D eigenvalue weighted by Crippen LogP contribution is -2.39. The molecule has 1 heterocycles. The minimum atomic E-state index is -0.409. The Morgan fingerprint density at radius 1 is 1.10 bits per heavy atom. The maximum absolute atomic E-state index is 13.5. The lowest BCUT2D eigenvalue weighted by atomic mass is 10.1. The second-order valence-corrected chi connectivity index (χ2v) is 8.31. The van der Waals surface area contributed by atoms with Gasteiger partial charge < -0.3 is 4.90 Å². The smallest absolute Gasteiger partial charge is 0.266 e. The van der Waals surface area contributed by atoms with Gasteiger partial charge in [-0.3, -0.25) is 14.2 Å². The van der Waals surface area contributed by atoms with Crippen LogP contribution in [-0.4, -0.2) is 32.8 Å². The second-order valence-electron chi connectivity index (χ2n) is 8.04. The van der Waals surface area contributed by atoms with Crippen LogP contribution in [-0.2, 0) is 4.79 Å². The normalized spacial score (nSPS) is 12.3. The highest BCUT2D eigenvalue weighted by atomic mass is 35.5. The van der Waals surface area contributed by atoms with E-state index < -0.39 is 6.04 Å². The van der Waals surface area contributed by atoms with Crippen molar-refractivity contribution in [2.24, 2.45) is 5.92 Å². The van der Waals surface area contributed by atoms with E-state index in [1.54, 1.807) is 15.5 Å². The van der Waals surface area contributed by atoms with Crippen molar-refractivity contribution in [3.63, 3.8) is 0 Å². The van der Waals surface area contributed by atoms with Crippen LogP contribution in [0.2, 0.25) is 0 Å². The van der Waals surface area contributed by atoms with Crippen molar-refractivity contribution in [1.82, 2.24) is 14.5 Å². The van der Waals surface area contributed by atoms with Gasteiger partial charge >= 0.3 is 0 Å². The molecule has 1 atom stereocenters. The summed E-state index contributed by atoms with van der Waals surface area (Å²) in [6.45, 7) is 8.70. The van der Waals surface area contributed by atoms with Crippen molar-refractivity contribution >= 4 is 28.4 Å². The Kier molecular flexibility index (Phi) is 6.93. The van der Waals surface area contributed by atoms with Crippen LogP contribution in [0, 0.1) is 12.8 Å². The summed E-state index contributed by atoms with van der Waals surface area (Å²) in [5.74, 6) is 0.698. The number of aryl methyl sites for hydroxylation is 1. The molecule has 0 saturated carbocycles. The summed E-state index contributed by atoms with van der Waals surface area (Å²) in [6, 6.07) is 14.6. The molecule has 0 spiro atoms. The average Bonchev–Trinajstić information content (AvgIpc) is 2.74. The molecule has 0 N–H and O–H groups in total. The molecule has 158 valence electrons. The number of rotatable bonds is 7. The third-order valence-electron chi connectivity index (χ3n) is 5.32. The molecule has 0 aliphatic heterocycles. The van der Waals surface area contributed by atoms with E-state index in [0.29, 0.717) is 29.2 Å². The summed E-state index contributed by atoms with van der Waals surface area (Å²) < 4.78 is 1.62. The summed E-state index contributed by atoms with van der Waals surface area (Å²) in [5, 5.41) is 0.548. The van der Waals surface area contributed by atoms with E-state index in [0.717, 1.165) is 17.7 Å². The van der Waals surface area contributed by atoms with Crippen LogP contribution in [0.25, 0.3) is 16.6 Å². The molecule has 6 heteroatoms. The highest BCUT2D eigenvalue weighted by molar-refractivity contribution is 6.27. The SMILES string of the molecule is Cc1ccc(-n2c([C@@H](C)N(CCC(C)C)C(=O)CCl)nc3ccccc3c2=O)cc1. The number of carbonyl (C=O) groups excluding carboxylic acids is 1. The Balaban J connectivity index is 2.21. The summed E-state index contributed by atoms with van der Waals surface area (Å²) in [7, 11) is 0. The molecular weight excluding hydrogens is 398 g/mol. The van der Waals surface area contributed by atoms with Crippen LogP contribution >= 0.6 is 11.6 Å². The van der Waals surface area contributed by atoms with Gasteiger partial charge in [0.05, 0.1) is 22.6 Å². The molecule has 3 aromatic rings. The molecule has 0 saturated heterocycles. The highest BCUT2D eigenvalue weighted by Crippen LogP contribution is 2.24. The summed E-state index contributed by atoms with van der Waals surface area (Å²) >= 11 is 5.91. The van der Waals surface area contributed by atoms with Crippen molar-refractivity contribution in [2.45, 2.75) is 40.2 Å². The third-order valence-corrected chi connectivity index (χ3v) is 5.55. The number of fused-ring (bicyclic) bond motifs is 1. The van der Waals surface area contributed by atoms with E-state index >= 15 is 0 Å². The summed E-state index contributed by atoms with van der Waals surface area (Å²) in [4.78, 5) is 32.7. The molecule has 0 aliphatic rings. The van der Waals surface area contributed by atoms with Crippen LogP contribution in [0.4, 0.5) is 0 Å². The Bertz CT molecular complexity index is 1090. The maximum atomic E-state index is 13.5. The molecule has 3 rings (SSSR count). The topological polar surface area (TPSA) is 55.2 Å². The molecule has 1 aromatic heterocycles. The van der Waals surface area contributed by atoms with Crippen molar-refractivity contribution in [3.05, 3.63) is 70.3 Å². The van der Waals surface area contributed by atoms with Crippen molar-refractivity contribution in [1.29, 1.82) is 0 Å². The predicted molar refractivity (Wildman–Crippen MR) is 122 cm³/mol. The fourth-order valence-corrected chi connectivity index (χ4v) is 3.67.